The molecule has 1 aliphatic rings. The number of amides is 1. The smallest absolute Gasteiger partial charge is 0.252 e. The molecule has 5 nitrogen and oxygen atoms in total. The van der Waals surface area contributed by atoms with E-state index in [0.717, 1.165) is 11.3 Å². The lowest BCUT2D eigenvalue weighted by atomic mass is 10.1. The molecule has 0 radical (unpaired) electrons. The predicted octanol–water partition coefficient (Wildman–Crippen LogP) is 2.08. The lowest BCUT2D eigenvalue weighted by molar-refractivity contribution is -0.161. The molecule has 0 saturated carbocycles. The number of nitrogens with one attached hydrogen (secondary N) is 1. The van der Waals surface area contributed by atoms with Gasteiger partial charge in [-0.1, -0.05) is 29.8 Å². The first kappa shape index (κ1) is 14.8. The lowest BCUT2D eigenvalue weighted by Gasteiger charge is -2.36. The molecule has 1 aliphatic heterocycles. The summed E-state index contributed by atoms with van der Waals surface area (Å²) in [4.78, 5) is 21.5. The highest BCUT2D eigenvalue weighted by Crippen LogP contribution is 2.18. The lowest BCUT2D eigenvalue weighted by Crippen LogP contribution is -2.51. The zero-order valence-corrected chi connectivity index (χ0v) is 13.0. The first-order valence-corrected chi connectivity index (χ1v) is 7.59. The van der Waals surface area contributed by atoms with Crippen molar-refractivity contribution in [2.24, 2.45) is 0 Å². The molecule has 1 amide bonds. The zero-order chi connectivity index (χ0) is 15.5. The van der Waals surface area contributed by atoms with Crippen LogP contribution in [0.4, 0.5) is 0 Å². The average molecular weight is 299 g/mol. The van der Waals surface area contributed by atoms with Crippen LogP contribution in [0.15, 0.2) is 36.8 Å². The molecule has 2 atom stereocenters. The summed E-state index contributed by atoms with van der Waals surface area (Å²) in [6.45, 7) is 5.33. The van der Waals surface area contributed by atoms with Crippen LogP contribution in [-0.4, -0.2) is 39.5 Å². The monoisotopic (exact) mass is 299 g/mol. The summed E-state index contributed by atoms with van der Waals surface area (Å²) in [6, 6.07) is 8.30. The summed E-state index contributed by atoms with van der Waals surface area (Å²) in [5, 5.41) is 0. The van der Waals surface area contributed by atoms with E-state index in [1.807, 2.05) is 11.8 Å². The molecule has 1 aromatic carbocycles. The van der Waals surface area contributed by atoms with E-state index in [-0.39, 0.29) is 12.0 Å². The molecule has 1 aromatic heterocycles. The number of imidazole rings is 1. The standard InChI is InChI=1S/C17H21N3O2/c1-12-3-5-14(6-4-12)10-20-9-13(2)22-16(17(20)21)7-15-8-18-11-19-15/h3-6,8,11,13,16H,7,9-10H2,1-2H3,(H,18,19). The van der Waals surface area contributed by atoms with Crippen molar-refractivity contribution in [2.45, 2.75) is 39.0 Å². The first-order valence-electron chi connectivity index (χ1n) is 7.59. The van der Waals surface area contributed by atoms with Crippen LogP contribution in [0.1, 0.15) is 23.7 Å². The molecule has 2 heterocycles. The second kappa shape index (κ2) is 6.32. The molecule has 1 N–H and O–H groups in total. The molecule has 0 bridgehead atoms. The van der Waals surface area contributed by atoms with Crippen LogP contribution in [0.25, 0.3) is 0 Å². The normalized spacial score (nSPS) is 22.1. The molecule has 22 heavy (non-hydrogen) atoms. The van der Waals surface area contributed by atoms with Crippen molar-refractivity contribution in [3.63, 3.8) is 0 Å². The number of carbonyl (C=O) groups is 1. The largest absolute Gasteiger partial charge is 0.363 e. The van der Waals surface area contributed by atoms with Crippen molar-refractivity contribution in [2.75, 3.05) is 6.54 Å². The number of benzene rings is 1. The highest BCUT2D eigenvalue weighted by molar-refractivity contribution is 5.82. The number of carbonyl (C=O) groups excluding carboxylic acids is 1. The Balaban J connectivity index is 1.70. The van der Waals surface area contributed by atoms with Crippen molar-refractivity contribution in [1.29, 1.82) is 0 Å². The van der Waals surface area contributed by atoms with Gasteiger partial charge in [0.2, 0.25) is 0 Å². The minimum absolute atomic E-state index is 0.0380. The van der Waals surface area contributed by atoms with Gasteiger partial charge in [0.1, 0.15) is 6.10 Å². The number of ether oxygens (including phenoxy) is 1. The topological polar surface area (TPSA) is 58.2 Å². The molecule has 0 spiro atoms. The quantitative estimate of drug-likeness (QED) is 0.940. The van der Waals surface area contributed by atoms with Crippen LogP contribution < -0.4 is 0 Å². The van der Waals surface area contributed by atoms with Gasteiger partial charge >= 0.3 is 0 Å². The van der Waals surface area contributed by atoms with Crippen molar-refractivity contribution >= 4 is 5.91 Å². The summed E-state index contributed by atoms with van der Waals surface area (Å²) in [7, 11) is 0. The maximum atomic E-state index is 12.6. The van der Waals surface area contributed by atoms with Crippen LogP contribution in [0.5, 0.6) is 0 Å². The molecular weight excluding hydrogens is 278 g/mol. The SMILES string of the molecule is Cc1ccc(CN2CC(C)OC(Cc3cnc[nH]3)C2=O)cc1. The summed E-state index contributed by atoms with van der Waals surface area (Å²) in [5.41, 5.74) is 3.29. The van der Waals surface area contributed by atoms with Crippen molar-refractivity contribution < 1.29 is 9.53 Å². The van der Waals surface area contributed by atoms with E-state index >= 15 is 0 Å². The molecule has 2 aromatic rings. The number of rotatable bonds is 4. The fourth-order valence-electron chi connectivity index (χ4n) is 2.77. The van der Waals surface area contributed by atoms with Crippen molar-refractivity contribution in [3.8, 4) is 0 Å². The Hall–Kier alpha value is -2.14. The van der Waals surface area contributed by atoms with E-state index in [0.29, 0.717) is 19.5 Å². The third-order valence-electron chi connectivity index (χ3n) is 3.92. The third-order valence-corrected chi connectivity index (χ3v) is 3.92. The number of H-pyrrole nitrogens is 1. The van der Waals surface area contributed by atoms with Crippen LogP contribution >= 0.6 is 0 Å². The Morgan fingerprint density at radius 3 is 2.82 bits per heavy atom. The van der Waals surface area contributed by atoms with Gasteiger partial charge in [-0.2, -0.15) is 0 Å². The molecule has 3 rings (SSSR count). The Morgan fingerprint density at radius 2 is 2.14 bits per heavy atom. The van der Waals surface area contributed by atoms with E-state index in [1.54, 1.807) is 12.5 Å². The van der Waals surface area contributed by atoms with Gasteiger partial charge in [-0.05, 0) is 19.4 Å². The Labute approximate surface area is 130 Å². The molecule has 116 valence electrons. The summed E-state index contributed by atoms with van der Waals surface area (Å²) in [6.07, 6.45) is 3.50. The van der Waals surface area contributed by atoms with Crippen LogP contribution in [0.2, 0.25) is 0 Å². The maximum Gasteiger partial charge on any atom is 0.252 e. The van der Waals surface area contributed by atoms with E-state index < -0.39 is 6.10 Å². The molecule has 2 unspecified atom stereocenters. The minimum atomic E-state index is -0.436. The van der Waals surface area contributed by atoms with Gasteiger partial charge in [0.25, 0.3) is 5.91 Å². The van der Waals surface area contributed by atoms with Gasteiger partial charge in [0.05, 0.1) is 12.4 Å². The highest BCUT2D eigenvalue weighted by Gasteiger charge is 2.33. The van der Waals surface area contributed by atoms with Gasteiger partial charge in [-0.15, -0.1) is 0 Å². The molecule has 5 heteroatoms. The Bertz CT molecular complexity index is 622. The van der Waals surface area contributed by atoms with Gasteiger partial charge in [0, 0.05) is 31.4 Å². The third kappa shape index (κ3) is 3.36. The number of nitrogens with zero attached hydrogens (tertiary/aromatic N) is 2. The number of aryl methyl sites for hydroxylation is 1. The number of hydrogen-bond donors (Lipinski definition) is 1. The van der Waals surface area contributed by atoms with E-state index in [2.05, 4.69) is 41.2 Å². The van der Waals surface area contributed by atoms with E-state index in [4.69, 9.17) is 4.74 Å². The van der Waals surface area contributed by atoms with Crippen LogP contribution in [0, 0.1) is 6.92 Å². The molecule has 1 fully saturated rings. The fraction of sp³-hybridized carbons (Fsp3) is 0.412. The van der Waals surface area contributed by atoms with Crippen LogP contribution in [-0.2, 0) is 22.5 Å². The second-order valence-corrected chi connectivity index (χ2v) is 5.92. The molecule has 0 aliphatic carbocycles. The van der Waals surface area contributed by atoms with Gasteiger partial charge in [-0.3, -0.25) is 4.79 Å². The summed E-state index contributed by atoms with van der Waals surface area (Å²) < 4.78 is 5.82. The van der Waals surface area contributed by atoms with Gasteiger partial charge < -0.3 is 14.6 Å². The van der Waals surface area contributed by atoms with Crippen LogP contribution in [0.3, 0.4) is 0 Å². The molecular formula is C17H21N3O2. The number of aromatic amines is 1. The van der Waals surface area contributed by atoms with Gasteiger partial charge in [0.15, 0.2) is 0 Å². The zero-order valence-electron chi connectivity index (χ0n) is 13.0. The molecule has 1 saturated heterocycles. The maximum absolute atomic E-state index is 12.6. The van der Waals surface area contributed by atoms with Crippen molar-refractivity contribution in [1.82, 2.24) is 14.9 Å². The average Bonchev–Trinajstić information content (AvgIpc) is 2.99. The highest BCUT2D eigenvalue weighted by atomic mass is 16.5. The van der Waals surface area contributed by atoms with E-state index in [1.165, 1.54) is 5.56 Å². The number of aromatic nitrogens is 2. The van der Waals surface area contributed by atoms with Crippen molar-refractivity contribution in [3.05, 3.63) is 53.6 Å². The minimum Gasteiger partial charge on any atom is -0.363 e. The number of hydrogen-bond acceptors (Lipinski definition) is 3. The second-order valence-electron chi connectivity index (χ2n) is 5.92. The van der Waals surface area contributed by atoms with Gasteiger partial charge in [-0.25, -0.2) is 4.98 Å². The first-order chi connectivity index (χ1) is 10.6. The number of morpholine rings is 1. The summed E-state index contributed by atoms with van der Waals surface area (Å²) in [5.74, 6) is 0.0493. The Morgan fingerprint density at radius 1 is 1.36 bits per heavy atom. The van der Waals surface area contributed by atoms with E-state index in [9.17, 15) is 4.79 Å². The summed E-state index contributed by atoms with van der Waals surface area (Å²) >= 11 is 0. The Kier molecular flexibility index (Phi) is 4.24. The fourth-order valence-corrected chi connectivity index (χ4v) is 2.77. The predicted molar refractivity (Wildman–Crippen MR) is 83.2 cm³/mol.